The Morgan fingerprint density at radius 1 is 0.229 bits per heavy atom. The normalized spacial score (nSPS) is 12.9. The second-order valence-electron chi connectivity index (χ2n) is 36.5. The minimum Gasteiger partial charge on any atom is -0.310 e. The number of aromatic nitrogens is 2. The third-order valence-corrected chi connectivity index (χ3v) is 24.8. The van der Waals surface area contributed by atoms with Crippen LogP contribution in [0.25, 0.3) is 111 Å². The first-order valence-corrected chi connectivity index (χ1v) is 41.8. The van der Waals surface area contributed by atoms with Gasteiger partial charge in [0.05, 0.1) is 39.1 Å². The van der Waals surface area contributed by atoms with Crippen molar-refractivity contribution in [3.05, 3.63) is 386 Å². The van der Waals surface area contributed by atoms with Gasteiger partial charge in [-0.3, -0.25) is 0 Å². The van der Waals surface area contributed by atoms with Crippen LogP contribution in [0, 0.1) is 0 Å². The molecule has 0 spiro atoms. The molecule has 118 heavy (non-hydrogen) atoms. The average Bonchev–Trinajstić information content (AvgIpc) is 0.759. The summed E-state index contributed by atoms with van der Waals surface area (Å²) in [7, 11) is 0. The lowest BCUT2D eigenvalue weighted by atomic mass is 9.33. The maximum absolute atomic E-state index is 2.75. The zero-order valence-electron chi connectivity index (χ0n) is 69.5. The van der Waals surface area contributed by atoms with Crippen molar-refractivity contribution in [1.29, 1.82) is 0 Å². The monoisotopic (exact) mass is 1520 g/mol. The number of benzene rings is 16. The molecule has 2 aliphatic heterocycles. The SMILES string of the molecule is CC(C)(C)c1cc(-c2ccccc2)c(N2c3cc(-c4ccccc4)ccc3B3c4ccc(-n5c6ccccc6c6cc(N(c7ccccc7)c7ccccc7)ccc65)cc4N(c4c(-c5ccccc5)cc(C(C)(C)C)cc4-c4ccccc4)c4cc(-n5c6ccc(C(C)(C)C)cc6c6cc(C(C)(C)C)ccc65)cc2c43)c(-c2ccccc2)c1. The third kappa shape index (κ3) is 12.5. The minimum absolute atomic E-state index is 0.118. The Morgan fingerprint density at radius 3 is 0.992 bits per heavy atom. The van der Waals surface area contributed by atoms with E-state index in [2.05, 4.69) is 471 Å². The number of hydrogen-bond donors (Lipinski definition) is 0. The molecule has 0 radical (unpaired) electrons. The molecule has 20 rings (SSSR count). The Bertz CT molecular complexity index is 6700. The molecule has 18 aromatic rings. The van der Waals surface area contributed by atoms with Gasteiger partial charge in [-0.05, 0) is 221 Å². The molecular weight excluding hydrogens is 1430 g/mol. The second kappa shape index (κ2) is 28.2. The lowest BCUT2D eigenvalue weighted by Gasteiger charge is -2.46. The van der Waals surface area contributed by atoms with Crippen molar-refractivity contribution in [1.82, 2.24) is 9.13 Å². The van der Waals surface area contributed by atoms with E-state index in [4.69, 9.17) is 0 Å². The van der Waals surface area contributed by atoms with Crippen LogP contribution in [-0.4, -0.2) is 15.8 Å². The van der Waals surface area contributed by atoms with Gasteiger partial charge in [0.15, 0.2) is 0 Å². The Hall–Kier alpha value is -13.4. The van der Waals surface area contributed by atoms with Gasteiger partial charge in [-0.15, -0.1) is 0 Å². The molecule has 5 nitrogen and oxygen atoms in total. The summed E-state index contributed by atoms with van der Waals surface area (Å²) in [5.74, 6) is 0. The highest BCUT2D eigenvalue weighted by atomic mass is 15.2. The molecule has 4 heterocycles. The van der Waals surface area contributed by atoms with Gasteiger partial charge in [0.25, 0.3) is 6.71 Å². The summed E-state index contributed by atoms with van der Waals surface area (Å²) in [4.78, 5) is 7.87. The van der Waals surface area contributed by atoms with Gasteiger partial charge in [0, 0.05) is 89.3 Å². The van der Waals surface area contributed by atoms with Crippen LogP contribution in [0.1, 0.15) is 105 Å². The van der Waals surface area contributed by atoms with E-state index in [0.717, 1.165) is 140 Å². The molecule has 0 unspecified atom stereocenters. The Morgan fingerprint density at radius 2 is 0.568 bits per heavy atom. The van der Waals surface area contributed by atoms with Gasteiger partial charge in [-0.2, -0.15) is 0 Å². The van der Waals surface area contributed by atoms with Gasteiger partial charge < -0.3 is 23.8 Å². The Labute approximate surface area is 695 Å². The maximum atomic E-state index is 2.75. The zero-order chi connectivity index (χ0) is 80.7. The van der Waals surface area contributed by atoms with Crippen LogP contribution in [-0.2, 0) is 21.7 Å². The van der Waals surface area contributed by atoms with E-state index in [1.807, 2.05) is 0 Å². The molecule has 0 amide bonds. The fourth-order valence-corrected chi connectivity index (χ4v) is 18.7. The third-order valence-electron chi connectivity index (χ3n) is 24.8. The molecule has 0 atom stereocenters. The largest absolute Gasteiger partial charge is 0.310 e. The maximum Gasteiger partial charge on any atom is 0.252 e. The van der Waals surface area contributed by atoms with Gasteiger partial charge in [0.1, 0.15) is 0 Å². The molecular formula is C112H96BN5. The Balaban J connectivity index is 0.979. The summed E-state index contributed by atoms with van der Waals surface area (Å²) in [6.45, 7) is 28.0. The first-order chi connectivity index (χ1) is 57.1. The molecule has 2 aromatic heterocycles. The van der Waals surface area contributed by atoms with E-state index >= 15 is 0 Å². The predicted molar refractivity (Wildman–Crippen MR) is 506 cm³/mol. The average molecular weight is 1520 g/mol. The zero-order valence-corrected chi connectivity index (χ0v) is 69.5. The van der Waals surface area contributed by atoms with E-state index < -0.39 is 0 Å². The number of rotatable bonds is 12. The summed E-state index contributed by atoms with van der Waals surface area (Å²) in [6, 6.07) is 138. The number of para-hydroxylation sites is 3. The van der Waals surface area contributed by atoms with E-state index in [1.165, 1.54) is 60.2 Å². The number of fused-ring (bicyclic) bond motifs is 10. The second-order valence-corrected chi connectivity index (χ2v) is 36.5. The summed E-state index contributed by atoms with van der Waals surface area (Å²) >= 11 is 0. The molecule has 16 aromatic carbocycles. The van der Waals surface area contributed by atoms with Crippen molar-refractivity contribution in [2.24, 2.45) is 0 Å². The van der Waals surface area contributed by atoms with Crippen molar-refractivity contribution in [3.63, 3.8) is 0 Å². The molecule has 2 aliphatic rings. The van der Waals surface area contributed by atoms with Crippen molar-refractivity contribution in [2.75, 3.05) is 14.7 Å². The molecule has 6 heteroatoms. The van der Waals surface area contributed by atoms with Gasteiger partial charge in [-0.1, -0.05) is 320 Å². The van der Waals surface area contributed by atoms with Crippen molar-refractivity contribution < 1.29 is 0 Å². The molecule has 0 fully saturated rings. The summed E-state index contributed by atoms with van der Waals surface area (Å²) < 4.78 is 5.16. The fourth-order valence-electron chi connectivity index (χ4n) is 18.7. The van der Waals surface area contributed by atoms with Crippen LogP contribution < -0.4 is 31.1 Å². The van der Waals surface area contributed by atoms with Crippen LogP contribution in [0.3, 0.4) is 0 Å². The highest BCUT2D eigenvalue weighted by molar-refractivity contribution is 7.00. The highest BCUT2D eigenvalue weighted by Gasteiger charge is 2.47. The van der Waals surface area contributed by atoms with E-state index in [0.29, 0.717) is 0 Å². The van der Waals surface area contributed by atoms with Crippen molar-refractivity contribution >= 4 is 118 Å². The fraction of sp³-hybridized carbons (Fsp3) is 0.143. The van der Waals surface area contributed by atoms with Crippen LogP contribution in [0.15, 0.2) is 364 Å². The number of nitrogens with zero attached hydrogens (tertiary/aromatic N) is 5. The standard InChI is InChI=1S/C112H96BN5/c1-109(2,3)79-53-59-99-93(63-79)94-64-80(110(4,5)6)54-60-100(94)116(99)87-71-104-106-105(72-87)118(108-91(76-42-26-16-27-43-76)67-82(112(10,11)12)68-92(108)77-44-28-17-29-45-77)103-70-86(115-98-51-35-34-50-88(98)95-69-85(56-61-101(95)115)114(83-46-30-18-31-47-83)84-48-32-19-33-49-84)55-58-97(103)113(106)96-57-52-78(73-36-20-13-21-37-73)62-102(96)117(104)107-89(74-38-22-14-23-39-74)65-81(111(7,8)9)66-90(107)75-40-24-15-25-41-75/h13-72H,1-12H3. The smallest absolute Gasteiger partial charge is 0.252 e. The van der Waals surface area contributed by atoms with Crippen LogP contribution in [0.4, 0.5) is 51.2 Å². The van der Waals surface area contributed by atoms with E-state index in [1.54, 1.807) is 0 Å². The highest BCUT2D eigenvalue weighted by Crippen LogP contribution is 2.56. The van der Waals surface area contributed by atoms with E-state index in [-0.39, 0.29) is 28.4 Å². The topological polar surface area (TPSA) is 19.6 Å². The number of hydrogen-bond acceptors (Lipinski definition) is 3. The van der Waals surface area contributed by atoms with E-state index in [9.17, 15) is 0 Å². The quantitative estimate of drug-likeness (QED) is 0.114. The van der Waals surface area contributed by atoms with Crippen LogP contribution in [0.5, 0.6) is 0 Å². The molecule has 0 bridgehead atoms. The summed E-state index contributed by atoms with van der Waals surface area (Å²) in [5.41, 5.74) is 36.0. The van der Waals surface area contributed by atoms with Gasteiger partial charge in [0.2, 0.25) is 0 Å². The van der Waals surface area contributed by atoms with Crippen LogP contribution in [0.2, 0.25) is 0 Å². The molecule has 0 saturated heterocycles. The van der Waals surface area contributed by atoms with Crippen LogP contribution >= 0.6 is 0 Å². The first-order valence-electron chi connectivity index (χ1n) is 41.8. The molecule has 0 saturated carbocycles. The molecule has 572 valence electrons. The van der Waals surface area contributed by atoms with Crippen molar-refractivity contribution in [3.8, 4) is 67.0 Å². The Kier molecular flexibility index (Phi) is 17.6. The summed E-state index contributed by atoms with van der Waals surface area (Å²) in [5, 5.41) is 4.81. The minimum atomic E-state index is -0.302. The molecule has 0 N–H and O–H groups in total. The predicted octanol–water partition coefficient (Wildman–Crippen LogP) is 29.0. The lowest BCUT2D eigenvalue weighted by Crippen LogP contribution is -2.61. The lowest BCUT2D eigenvalue weighted by molar-refractivity contribution is 0.590. The van der Waals surface area contributed by atoms with Gasteiger partial charge in [-0.25, -0.2) is 0 Å². The molecule has 0 aliphatic carbocycles. The van der Waals surface area contributed by atoms with Gasteiger partial charge >= 0.3 is 0 Å². The number of anilines is 9. The summed E-state index contributed by atoms with van der Waals surface area (Å²) in [6.07, 6.45) is 0. The first kappa shape index (κ1) is 73.5. The van der Waals surface area contributed by atoms with Crippen molar-refractivity contribution in [2.45, 2.75) is 105 Å².